The molecule has 0 radical (unpaired) electrons. The molecule has 18 heavy (non-hydrogen) atoms. The van der Waals surface area contributed by atoms with Crippen molar-refractivity contribution >= 4 is 35.0 Å². The van der Waals surface area contributed by atoms with Gasteiger partial charge in [0.15, 0.2) is 0 Å². The van der Waals surface area contributed by atoms with Gasteiger partial charge in [0, 0.05) is 13.0 Å². The SMILES string of the molecule is CCOC(=O)/C(=N/OC1CCNC1=O)C(=O)CCl. The minimum atomic E-state index is -0.915. The molecule has 0 aromatic carbocycles. The smallest absolute Gasteiger partial charge is 0.364 e. The van der Waals surface area contributed by atoms with E-state index in [1.807, 2.05) is 0 Å². The molecule has 8 heteroatoms. The summed E-state index contributed by atoms with van der Waals surface area (Å²) in [6.45, 7) is 2.15. The number of rotatable bonds is 6. The Morgan fingerprint density at radius 3 is 2.78 bits per heavy atom. The van der Waals surface area contributed by atoms with Crippen LogP contribution in [0.4, 0.5) is 0 Å². The van der Waals surface area contributed by atoms with Gasteiger partial charge in [-0.05, 0) is 6.92 Å². The van der Waals surface area contributed by atoms with Gasteiger partial charge in [0.05, 0.1) is 12.5 Å². The molecule has 1 atom stereocenters. The van der Waals surface area contributed by atoms with E-state index in [1.54, 1.807) is 6.92 Å². The second-order valence-corrected chi connectivity index (χ2v) is 3.66. The minimum Gasteiger partial charge on any atom is -0.461 e. The highest BCUT2D eigenvalue weighted by Gasteiger charge is 2.28. The van der Waals surface area contributed by atoms with Crippen LogP contribution in [0.15, 0.2) is 5.16 Å². The van der Waals surface area contributed by atoms with E-state index < -0.39 is 29.4 Å². The number of Topliss-reactive ketones (excluding diaryl/α,β-unsaturated/α-hetero) is 1. The molecule has 100 valence electrons. The van der Waals surface area contributed by atoms with Crippen molar-refractivity contribution in [2.45, 2.75) is 19.4 Å². The number of oxime groups is 1. The van der Waals surface area contributed by atoms with E-state index >= 15 is 0 Å². The highest BCUT2D eigenvalue weighted by atomic mass is 35.5. The average Bonchev–Trinajstić information content (AvgIpc) is 2.75. The Labute approximate surface area is 108 Å². The van der Waals surface area contributed by atoms with Crippen molar-refractivity contribution < 1.29 is 24.0 Å². The molecule has 0 saturated carbocycles. The Morgan fingerprint density at radius 1 is 1.56 bits per heavy atom. The highest BCUT2D eigenvalue weighted by Crippen LogP contribution is 2.06. The summed E-state index contributed by atoms with van der Waals surface area (Å²) in [6.07, 6.45) is -0.370. The maximum atomic E-state index is 11.4. The van der Waals surface area contributed by atoms with Crippen LogP contribution >= 0.6 is 11.6 Å². The van der Waals surface area contributed by atoms with Gasteiger partial charge < -0.3 is 14.9 Å². The number of nitrogens with one attached hydrogen (secondary N) is 1. The molecule has 0 aromatic rings. The first-order valence-electron chi connectivity index (χ1n) is 5.38. The molecule has 0 aromatic heterocycles. The topological polar surface area (TPSA) is 94.1 Å². The van der Waals surface area contributed by atoms with Gasteiger partial charge in [-0.25, -0.2) is 4.79 Å². The molecule has 1 N–H and O–H groups in total. The lowest BCUT2D eigenvalue weighted by Crippen LogP contribution is -2.30. The van der Waals surface area contributed by atoms with E-state index in [9.17, 15) is 14.4 Å². The van der Waals surface area contributed by atoms with E-state index in [2.05, 4.69) is 15.2 Å². The maximum Gasteiger partial charge on any atom is 0.364 e. The molecule has 1 aliphatic rings. The van der Waals surface area contributed by atoms with Crippen LogP contribution in [0.5, 0.6) is 0 Å². The summed E-state index contributed by atoms with van der Waals surface area (Å²) in [5.74, 6) is -2.38. The summed E-state index contributed by atoms with van der Waals surface area (Å²) in [4.78, 5) is 38.8. The van der Waals surface area contributed by atoms with Crippen LogP contribution in [-0.2, 0) is 24.0 Å². The molecule has 0 aliphatic carbocycles. The molecule has 0 bridgehead atoms. The number of nitrogens with zero attached hydrogens (tertiary/aromatic N) is 1. The van der Waals surface area contributed by atoms with Gasteiger partial charge in [-0.3, -0.25) is 9.59 Å². The summed E-state index contributed by atoms with van der Waals surface area (Å²) < 4.78 is 4.64. The Balaban J connectivity index is 2.72. The molecule has 1 aliphatic heterocycles. The van der Waals surface area contributed by atoms with Gasteiger partial charge in [-0.15, -0.1) is 11.6 Å². The van der Waals surface area contributed by atoms with Crippen LogP contribution in [0, 0.1) is 0 Å². The van der Waals surface area contributed by atoms with Gasteiger partial charge >= 0.3 is 5.97 Å². The lowest BCUT2D eigenvalue weighted by Gasteiger charge is -2.06. The fraction of sp³-hybridized carbons (Fsp3) is 0.600. The minimum absolute atomic E-state index is 0.0946. The molecular formula is C10H13ClN2O5. The number of esters is 1. The van der Waals surface area contributed by atoms with Crippen LogP contribution in [0.3, 0.4) is 0 Å². The van der Waals surface area contributed by atoms with Crippen molar-refractivity contribution in [1.82, 2.24) is 5.32 Å². The molecule has 1 rings (SSSR count). The quantitative estimate of drug-likeness (QED) is 0.235. The Morgan fingerprint density at radius 2 is 2.28 bits per heavy atom. The zero-order valence-corrected chi connectivity index (χ0v) is 10.5. The lowest BCUT2D eigenvalue weighted by atomic mass is 10.3. The van der Waals surface area contributed by atoms with Crippen molar-refractivity contribution in [2.24, 2.45) is 5.16 Å². The standard InChI is InChI=1S/C10H13ClN2O5/c1-2-17-10(16)8(6(14)5-11)13-18-7-3-4-12-9(7)15/h7H,2-5H2,1H3,(H,12,15)/b13-8+. The summed E-state index contributed by atoms with van der Waals surface area (Å²) >= 11 is 5.34. The fourth-order valence-corrected chi connectivity index (χ4v) is 1.38. The predicted octanol–water partition coefficient (Wildman–Crippen LogP) is -0.381. The molecule has 1 unspecified atom stereocenters. The van der Waals surface area contributed by atoms with Crippen LogP contribution in [0.2, 0.25) is 0 Å². The van der Waals surface area contributed by atoms with Gasteiger partial charge in [0.25, 0.3) is 5.91 Å². The monoisotopic (exact) mass is 276 g/mol. The van der Waals surface area contributed by atoms with Crippen LogP contribution in [0.1, 0.15) is 13.3 Å². The van der Waals surface area contributed by atoms with Gasteiger partial charge in [-0.1, -0.05) is 5.16 Å². The number of ether oxygens (including phenoxy) is 1. The Bertz CT molecular complexity index is 382. The predicted molar refractivity (Wildman–Crippen MR) is 62.3 cm³/mol. The molecule has 1 amide bonds. The van der Waals surface area contributed by atoms with Crippen LogP contribution < -0.4 is 5.32 Å². The molecule has 0 spiro atoms. The van der Waals surface area contributed by atoms with Gasteiger partial charge in [0.2, 0.25) is 17.6 Å². The van der Waals surface area contributed by atoms with E-state index in [4.69, 9.17) is 16.4 Å². The molecule has 7 nitrogen and oxygen atoms in total. The second kappa shape index (κ2) is 6.95. The number of amides is 1. The number of hydrogen-bond acceptors (Lipinski definition) is 6. The first-order valence-corrected chi connectivity index (χ1v) is 5.91. The summed E-state index contributed by atoms with van der Waals surface area (Å²) in [5.41, 5.74) is -0.536. The van der Waals surface area contributed by atoms with Crippen LogP contribution in [-0.4, -0.2) is 48.5 Å². The van der Waals surface area contributed by atoms with Crippen molar-refractivity contribution in [1.29, 1.82) is 0 Å². The number of hydrogen-bond donors (Lipinski definition) is 1. The van der Waals surface area contributed by atoms with E-state index in [0.29, 0.717) is 13.0 Å². The molecule has 1 heterocycles. The summed E-state index contributed by atoms with van der Waals surface area (Å²) in [6, 6.07) is 0. The lowest BCUT2D eigenvalue weighted by molar-refractivity contribution is -0.137. The second-order valence-electron chi connectivity index (χ2n) is 3.39. The van der Waals surface area contributed by atoms with Gasteiger partial charge in [0.1, 0.15) is 0 Å². The average molecular weight is 277 g/mol. The van der Waals surface area contributed by atoms with Crippen molar-refractivity contribution in [3.05, 3.63) is 0 Å². The normalized spacial score (nSPS) is 19.3. The van der Waals surface area contributed by atoms with E-state index in [-0.39, 0.29) is 12.5 Å². The highest BCUT2D eigenvalue weighted by molar-refractivity contribution is 6.67. The fourth-order valence-electron chi connectivity index (χ4n) is 1.25. The zero-order valence-electron chi connectivity index (χ0n) is 9.77. The number of carbonyl (C=O) groups is 3. The van der Waals surface area contributed by atoms with Crippen molar-refractivity contribution in [3.63, 3.8) is 0 Å². The number of carbonyl (C=O) groups excluding carboxylic acids is 3. The third-order valence-electron chi connectivity index (χ3n) is 2.12. The van der Waals surface area contributed by atoms with E-state index in [1.165, 1.54) is 0 Å². The maximum absolute atomic E-state index is 11.4. The molecular weight excluding hydrogens is 264 g/mol. The largest absolute Gasteiger partial charge is 0.461 e. The summed E-state index contributed by atoms with van der Waals surface area (Å²) in [5, 5.41) is 5.92. The third kappa shape index (κ3) is 3.69. The van der Waals surface area contributed by atoms with Gasteiger partial charge in [-0.2, -0.15) is 0 Å². The van der Waals surface area contributed by atoms with Crippen molar-refractivity contribution in [3.8, 4) is 0 Å². The number of ketones is 1. The van der Waals surface area contributed by atoms with Crippen LogP contribution in [0.25, 0.3) is 0 Å². The summed E-state index contributed by atoms with van der Waals surface area (Å²) in [7, 11) is 0. The third-order valence-corrected chi connectivity index (χ3v) is 2.37. The number of alkyl halides is 1. The molecule has 1 fully saturated rings. The first-order chi connectivity index (χ1) is 8.60. The Kier molecular flexibility index (Phi) is 5.57. The molecule has 1 saturated heterocycles. The van der Waals surface area contributed by atoms with E-state index in [0.717, 1.165) is 0 Å². The first kappa shape index (κ1) is 14.4. The van der Waals surface area contributed by atoms with Crippen molar-refractivity contribution in [2.75, 3.05) is 19.0 Å². The zero-order chi connectivity index (χ0) is 13.5. The Hall–Kier alpha value is -1.63. The number of halogens is 1.